The van der Waals surface area contributed by atoms with Crippen molar-refractivity contribution in [1.82, 2.24) is 10.3 Å². The van der Waals surface area contributed by atoms with Gasteiger partial charge in [0.25, 0.3) is 0 Å². The summed E-state index contributed by atoms with van der Waals surface area (Å²) in [6.07, 6.45) is 0. The van der Waals surface area contributed by atoms with E-state index in [0.29, 0.717) is 18.2 Å². The number of carbonyl (C=O) groups excluding carboxylic acids is 1. The Hall–Kier alpha value is -1.82. The summed E-state index contributed by atoms with van der Waals surface area (Å²) in [7, 11) is 0. The monoisotopic (exact) mass is 223 g/mol. The van der Waals surface area contributed by atoms with Crippen LogP contribution in [0.3, 0.4) is 0 Å². The third-order valence-electron chi connectivity index (χ3n) is 2.01. The van der Waals surface area contributed by atoms with Crippen LogP contribution < -0.4 is 21.9 Å². The first-order valence-corrected chi connectivity index (χ1v) is 5.15. The molecular formula is C10H17N5O. The van der Waals surface area contributed by atoms with Crippen molar-refractivity contribution in [2.75, 3.05) is 17.3 Å². The summed E-state index contributed by atoms with van der Waals surface area (Å²) in [5, 5.41) is 5.71. The molecule has 1 atom stereocenters. The Bertz CT molecular complexity index is 355. The fraction of sp³-hybridized carbons (Fsp3) is 0.400. The number of likely N-dealkylation sites (N-methyl/N-ethyl adjacent to an activating group) is 1. The highest BCUT2D eigenvalue weighted by molar-refractivity contribution is 5.83. The Morgan fingerprint density at radius 3 is 2.81 bits per heavy atom. The average molecular weight is 223 g/mol. The molecule has 0 saturated heterocycles. The van der Waals surface area contributed by atoms with Gasteiger partial charge in [0.05, 0.1) is 0 Å². The number of hydrogen-bond donors (Lipinski definition) is 4. The van der Waals surface area contributed by atoms with E-state index in [1.807, 2.05) is 6.92 Å². The number of anilines is 2. The molecule has 1 aromatic rings. The van der Waals surface area contributed by atoms with Crippen LogP contribution in [0.2, 0.25) is 0 Å². The number of hydrazine groups is 1. The quantitative estimate of drug-likeness (QED) is 0.426. The van der Waals surface area contributed by atoms with Crippen molar-refractivity contribution in [2.45, 2.75) is 19.9 Å². The van der Waals surface area contributed by atoms with Crippen LogP contribution in [0.25, 0.3) is 0 Å². The molecular weight excluding hydrogens is 206 g/mol. The predicted molar refractivity (Wildman–Crippen MR) is 63.8 cm³/mol. The van der Waals surface area contributed by atoms with Gasteiger partial charge >= 0.3 is 0 Å². The molecule has 1 rings (SSSR count). The fourth-order valence-corrected chi connectivity index (χ4v) is 1.21. The van der Waals surface area contributed by atoms with E-state index in [-0.39, 0.29) is 11.9 Å². The smallest absolute Gasteiger partial charge is 0.242 e. The molecule has 0 aliphatic heterocycles. The van der Waals surface area contributed by atoms with Crippen molar-refractivity contribution in [2.24, 2.45) is 5.84 Å². The number of pyridine rings is 1. The van der Waals surface area contributed by atoms with Gasteiger partial charge in [0.1, 0.15) is 17.7 Å². The topological polar surface area (TPSA) is 92.1 Å². The Labute approximate surface area is 94.6 Å². The summed E-state index contributed by atoms with van der Waals surface area (Å²) in [5.41, 5.74) is 2.44. The molecule has 6 heteroatoms. The Morgan fingerprint density at radius 1 is 1.50 bits per heavy atom. The molecule has 1 unspecified atom stereocenters. The number of nitrogen functional groups attached to an aromatic ring is 1. The maximum Gasteiger partial charge on any atom is 0.242 e. The highest BCUT2D eigenvalue weighted by atomic mass is 16.2. The SMILES string of the molecule is CCNC(=O)C(C)Nc1cccc(NN)n1. The first-order chi connectivity index (χ1) is 7.67. The Morgan fingerprint density at radius 2 is 2.19 bits per heavy atom. The highest BCUT2D eigenvalue weighted by Gasteiger charge is 2.11. The van der Waals surface area contributed by atoms with E-state index in [4.69, 9.17) is 5.84 Å². The van der Waals surface area contributed by atoms with E-state index < -0.39 is 0 Å². The summed E-state index contributed by atoms with van der Waals surface area (Å²) in [6.45, 7) is 4.26. The van der Waals surface area contributed by atoms with Crippen molar-refractivity contribution >= 4 is 17.5 Å². The van der Waals surface area contributed by atoms with Gasteiger partial charge in [-0.25, -0.2) is 10.8 Å². The lowest BCUT2D eigenvalue weighted by molar-refractivity contribution is -0.121. The maximum absolute atomic E-state index is 11.5. The van der Waals surface area contributed by atoms with Gasteiger partial charge in [0, 0.05) is 6.54 Å². The molecule has 6 nitrogen and oxygen atoms in total. The standard InChI is InChI=1S/C10H17N5O/c1-3-12-10(16)7(2)13-8-5-4-6-9(14-8)15-11/h4-7H,3,11H2,1-2H3,(H,12,16)(H2,13,14,15). The zero-order valence-corrected chi connectivity index (χ0v) is 9.45. The van der Waals surface area contributed by atoms with Crippen LogP contribution in [0.1, 0.15) is 13.8 Å². The number of nitrogens with two attached hydrogens (primary N) is 1. The van der Waals surface area contributed by atoms with Gasteiger partial charge in [0.15, 0.2) is 0 Å². The summed E-state index contributed by atoms with van der Waals surface area (Å²) in [5.74, 6) is 6.33. The minimum atomic E-state index is -0.333. The van der Waals surface area contributed by atoms with Crippen LogP contribution >= 0.6 is 0 Å². The van der Waals surface area contributed by atoms with E-state index in [9.17, 15) is 4.79 Å². The molecule has 0 fully saturated rings. The normalized spacial score (nSPS) is 11.7. The van der Waals surface area contributed by atoms with E-state index in [1.165, 1.54) is 0 Å². The van der Waals surface area contributed by atoms with Crippen molar-refractivity contribution in [3.8, 4) is 0 Å². The van der Waals surface area contributed by atoms with Crippen LogP contribution in [-0.4, -0.2) is 23.5 Å². The van der Waals surface area contributed by atoms with Crippen LogP contribution in [0.5, 0.6) is 0 Å². The van der Waals surface area contributed by atoms with E-state index in [0.717, 1.165) is 0 Å². The maximum atomic E-state index is 11.5. The molecule has 0 spiro atoms. The molecule has 0 aliphatic carbocycles. The second-order valence-electron chi connectivity index (χ2n) is 3.31. The lowest BCUT2D eigenvalue weighted by atomic mass is 10.3. The Kier molecular flexibility index (Phi) is 4.53. The van der Waals surface area contributed by atoms with Gasteiger partial charge in [0.2, 0.25) is 5.91 Å². The molecule has 1 heterocycles. The molecule has 16 heavy (non-hydrogen) atoms. The molecule has 0 bridgehead atoms. The zero-order valence-electron chi connectivity index (χ0n) is 9.45. The van der Waals surface area contributed by atoms with E-state index in [2.05, 4.69) is 21.0 Å². The van der Waals surface area contributed by atoms with E-state index in [1.54, 1.807) is 25.1 Å². The molecule has 0 aliphatic rings. The van der Waals surface area contributed by atoms with Crippen molar-refractivity contribution < 1.29 is 4.79 Å². The van der Waals surface area contributed by atoms with Crippen LogP contribution in [0.4, 0.5) is 11.6 Å². The summed E-state index contributed by atoms with van der Waals surface area (Å²) in [4.78, 5) is 15.6. The average Bonchev–Trinajstić information content (AvgIpc) is 2.29. The number of carbonyl (C=O) groups is 1. The third-order valence-corrected chi connectivity index (χ3v) is 2.01. The number of nitrogens with one attached hydrogen (secondary N) is 3. The number of nitrogens with zero attached hydrogens (tertiary/aromatic N) is 1. The lowest BCUT2D eigenvalue weighted by Gasteiger charge is -2.14. The Balaban J connectivity index is 2.61. The predicted octanol–water partition coefficient (Wildman–Crippen LogP) is 0.304. The largest absolute Gasteiger partial charge is 0.359 e. The van der Waals surface area contributed by atoms with Crippen molar-refractivity contribution in [3.05, 3.63) is 18.2 Å². The van der Waals surface area contributed by atoms with Gasteiger partial charge in [-0.05, 0) is 26.0 Å². The fourth-order valence-electron chi connectivity index (χ4n) is 1.21. The molecule has 5 N–H and O–H groups in total. The third kappa shape index (κ3) is 3.39. The molecule has 1 aromatic heterocycles. The highest BCUT2D eigenvalue weighted by Crippen LogP contribution is 2.08. The second-order valence-corrected chi connectivity index (χ2v) is 3.31. The van der Waals surface area contributed by atoms with Gasteiger partial charge in [-0.3, -0.25) is 4.79 Å². The number of hydrogen-bond acceptors (Lipinski definition) is 5. The molecule has 0 aromatic carbocycles. The number of aromatic nitrogens is 1. The molecule has 1 amide bonds. The van der Waals surface area contributed by atoms with Gasteiger partial charge in [-0.2, -0.15) is 0 Å². The van der Waals surface area contributed by atoms with Gasteiger partial charge < -0.3 is 16.1 Å². The minimum Gasteiger partial charge on any atom is -0.359 e. The molecule has 0 radical (unpaired) electrons. The number of amides is 1. The summed E-state index contributed by atoms with van der Waals surface area (Å²) >= 11 is 0. The lowest BCUT2D eigenvalue weighted by Crippen LogP contribution is -2.37. The number of rotatable bonds is 5. The first kappa shape index (κ1) is 12.3. The van der Waals surface area contributed by atoms with Gasteiger partial charge in [-0.1, -0.05) is 6.07 Å². The zero-order chi connectivity index (χ0) is 12.0. The molecule has 88 valence electrons. The van der Waals surface area contributed by atoms with Crippen molar-refractivity contribution in [1.29, 1.82) is 0 Å². The van der Waals surface area contributed by atoms with Crippen LogP contribution in [0, 0.1) is 0 Å². The first-order valence-electron chi connectivity index (χ1n) is 5.15. The summed E-state index contributed by atoms with van der Waals surface area (Å²) < 4.78 is 0. The molecule has 0 saturated carbocycles. The second kappa shape index (κ2) is 5.92. The van der Waals surface area contributed by atoms with Crippen LogP contribution in [0.15, 0.2) is 18.2 Å². The van der Waals surface area contributed by atoms with Crippen molar-refractivity contribution in [3.63, 3.8) is 0 Å². The van der Waals surface area contributed by atoms with E-state index >= 15 is 0 Å². The van der Waals surface area contributed by atoms with Gasteiger partial charge in [-0.15, -0.1) is 0 Å². The summed E-state index contributed by atoms with van der Waals surface area (Å²) in [6, 6.07) is 4.98. The van der Waals surface area contributed by atoms with Crippen LogP contribution in [-0.2, 0) is 4.79 Å². The minimum absolute atomic E-state index is 0.0598.